The topological polar surface area (TPSA) is 32.3 Å². The Morgan fingerprint density at radius 1 is 1.54 bits per heavy atom. The summed E-state index contributed by atoms with van der Waals surface area (Å²) in [6.07, 6.45) is 0.992. The Bertz CT molecular complexity index is 157. The van der Waals surface area contributed by atoms with Crippen molar-refractivity contribution in [1.29, 1.82) is 0 Å². The van der Waals surface area contributed by atoms with Crippen LogP contribution < -0.4 is 5.32 Å². The number of aliphatic hydroxyl groups excluding tert-OH is 1. The molecule has 0 saturated heterocycles. The highest BCUT2D eigenvalue weighted by molar-refractivity contribution is 6.25. The first-order valence-corrected chi connectivity index (χ1v) is 5.13. The van der Waals surface area contributed by atoms with Gasteiger partial charge in [0.2, 0.25) is 0 Å². The number of aliphatic hydroxyl groups is 1. The molecule has 0 radical (unpaired) electrons. The lowest BCUT2D eigenvalue weighted by molar-refractivity contribution is 0.227. The zero-order chi connectivity index (χ0) is 10.3. The van der Waals surface area contributed by atoms with Gasteiger partial charge < -0.3 is 10.4 Å². The fraction of sp³-hybridized carbons (Fsp3) is 0.800. The van der Waals surface area contributed by atoms with Gasteiger partial charge in [-0.1, -0.05) is 25.4 Å². The van der Waals surface area contributed by atoms with E-state index in [1.165, 1.54) is 0 Å². The monoisotopic (exact) mass is 205 g/mol. The summed E-state index contributed by atoms with van der Waals surface area (Å²) in [4.78, 5) is 0. The van der Waals surface area contributed by atoms with Crippen molar-refractivity contribution in [3.63, 3.8) is 0 Å². The van der Waals surface area contributed by atoms with Gasteiger partial charge in [-0.15, -0.1) is 0 Å². The molecule has 3 heteroatoms. The Balaban J connectivity index is 3.72. The number of hydrogen-bond acceptors (Lipinski definition) is 2. The van der Waals surface area contributed by atoms with Crippen LogP contribution in [0.15, 0.2) is 11.1 Å². The van der Waals surface area contributed by atoms with Crippen molar-refractivity contribution in [2.75, 3.05) is 13.2 Å². The molecule has 0 rings (SSSR count). The van der Waals surface area contributed by atoms with Gasteiger partial charge in [-0.2, -0.15) is 0 Å². The van der Waals surface area contributed by atoms with Crippen molar-refractivity contribution >= 4 is 11.6 Å². The van der Waals surface area contributed by atoms with Crippen LogP contribution in [0.2, 0.25) is 0 Å². The summed E-state index contributed by atoms with van der Waals surface area (Å²) in [6, 6.07) is 0.187. The second kappa shape index (κ2) is 7.36. The molecule has 0 spiro atoms. The Kier molecular flexibility index (Phi) is 7.33. The largest absolute Gasteiger partial charge is 0.395 e. The molecule has 0 aromatic rings. The molecular formula is C10H20ClNO. The first kappa shape index (κ1) is 12.9. The van der Waals surface area contributed by atoms with Crippen LogP contribution in [-0.4, -0.2) is 24.3 Å². The van der Waals surface area contributed by atoms with Crippen LogP contribution in [0.1, 0.15) is 27.2 Å². The van der Waals surface area contributed by atoms with Crippen LogP contribution in [-0.2, 0) is 0 Å². The summed E-state index contributed by atoms with van der Waals surface area (Å²) >= 11 is 5.52. The molecule has 1 unspecified atom stereocenters. The predicted molar refractivity (Wildman–Crippen MR) is 57.9 cm³/mol. The smallest absolute Gasteiger partial charge is 0.0584 e. The third kappa shape index (κ3) is 7.05. The average molecular weight is 206 g/mol. The van der Waals surface area contributed by atoms with Gasteiger partial charge in [0.1, 0.15) is 0 Å². The van der Waals surface area contributed by atoms with Gasteiger partial charge in [-0.05, 0) is 24.8 Å². The minimum atomic E-state index is 0.187. The third-order valence-corrected chi connectivity index (χ3v) is 2.20. The van der Waals surface area contributed by atoms with Crippen LogP contribution in [0.25, 0.3) is 0 Å². The van der Waals surface area contributed by atoms with Gasteiger partial charge in [0, 0.05) is 18.1 Å². The van der Waals surface area contributed by atoms with Gasteiger partial charge in [-0.25, -0.2) is 0 Å². The first-order chi connectivity index (χ1) is 6.10. The van der Waals surface area contributed by atoms with E-state index in [0.717, 1.165) is 18.5 Å². The molecule has 0 aliphatic rings. The Morgan fingerprint density at radius 2 is 2.15 bits per heavy atom. The Hall–Kier alpha value is -0.0500. The predicted octanol–water partition coefficient (Wildman–Crippen LogP) is 2.13. The molecule has 0 aromatic carbocycles. The van der Waals surface area contributed by atoms with E-state index in [-0.39, 0.29) is 12.6 Å². The van der Waals surface area contributed by atoms with Gasteiger partial charge >= 0.3 is 0 Å². The van der Waals surface area contributed by atoms with Crippen molar-refractivity contribution < 1.29 is 5.11 Å². The summed E-state index contributed by atoms with van der Waals surface area (Å²) < 4.78 is 0. The molecule has 2 nitrogen and oxygen atoms in total. The van der Waals surface area contributed by atoms with E-state index in [1.54, 1.807) is 5.54 Å². The molecule has 0 saturated carbocycles. The van der Waals surface area contributed by atoms with Crippen LogP contribution >= 0.6 is 11.6 Å². The van der Waals surface area contributed by atoms with Crippen molar-refractivity contribution in [3.8, 4) is 0 Å². The first-order valence-electron chi connectivity index (χ1n) is 4.70. The highest BCUT2D eigenvalue weighted by Gasteiger charge is 2.08. The van der Waals surface area contributed by atoms with Crippen LogP contribution in [0, 0.1) is 5.92 Å². The molecule has 0 aliphatic carbocycles. The summed E-state index contributed by atoms with van der Waals surface area (Å²) in [7, 11) is 0. The van der Waals surface area contributed by atoms with Gasteiger partial charge in [0.15, 0.2) is 0 Å². The highest BCUT2D eigenvalue weighted by atomic mass is 35.5. The summed E-state index contributed by atoms with van der Waals surface area (Å²) in [5.41, 5.74) is 2.65. The number of rotatable bonds is 6. The molecule has 1 atom stereocenters. The molecule has 2 N–H and O–H groups in total. The number of nitrogens with one attached hydrogen (secondary N) is 1. The maximum atomic E-state index is 9.05. The molecule has 0 heterocycles. The lowest BCUT2D eigenvalue weighted by Gasteiger charge is -2.18. The van der Waals surface area contributed by atoms with Crippen LogP contribution in [0.3, 0.4) is 0 Å². The van der Waals surface area contributed by atoms with E-state index in [1.807, 2.05) is 6.92 Å². The quantitative estimate of drug-likeness (QED) is 0.697. The normalized spacial score (nSPS) is 15.1. The van der Waals surface area contributed by atoms with Crippen molar-refractivity contribution in [2.45, 2.75) is 33.2 Å². The molecule has 0 bridgehead atoms. The fourth-order valence-corrected chi connectivity index (χ4v) is 1.21. The molecule has 0 amide bonds. The molecule has 0 aliphatic heterocycles. The third-order valence-electron chi connectivity index (χ3n) is 1.83. The maximum Gasteiger partial charge on any atom is 0.0584 e. The molecule has 13 heavy (non-hydrogen) atoms. The van der Waals surface area contributed by atoms with Crippen molar-refractivity contribution in [2.24, 2.45) is 5.92 Å². The lowest BCUT2D eigenvalue weighted by atomic mass is 10.0. The molecular weight excluding hydrogens is 186 g/mol. The Labute approximate surface area is 86.0 Å². The van der Waals surface area contributed by atoms with E-state index in [2.05, 4.69) is 19.2 Å². The highest BCUT2D eigenvalue weighted by Crippen LogP contribution is 2.04. The lowest BCUT2D eigenvalue weighted by Crippen LogP contribution is -2.34. The minimum absolute atomic E-state index is 0.187. The number of hydrogen-bond donors (Lipinski definition) is 2. The van der Waals surface area contributed by atoms with Gasteiger partial charge in [0.05, 0.1) is 6.61 Å². The Morgan fingerprint density at radius 3 is 2.54 bits per heavy atom. The standard InChI is InChI=1S/C10H20ClNO/c1-8(2)4-10(7-13)12-6-9(3)5-11/h5,8,10,12-13H,4,6-7H2,1-3H3. The van der Waals surface area contributed by atoms with E-state index in [9.17, 15) is 0 Å². The zero-order valence-corrected chi connectivity index (χ0v) is 9.43. The molecule has 78 valence electrons. The minimum Gasteiger partial charge on any atom is -0.395 e. The van der Waals surface area contributed by atoms with E-state index in [0.29, 0.717) is 5.92 Å². The van der Waals surface area contributed by atoms with E-state index < -0.39 is 0 Å². The van der Waals surface area contributed by atoms with Crippen molar-refractivity contribution in [1.82, 2.24) is 5.32 Å². The van der Waals surface area contributed by atoms with Crippen LogP contribution in [0.4, 0.5) is 0 Å². The fourth-order valence-electron chi connectivity index (χ4n) is 1.14. The number of halogens is 1. The summed E-state index contributed by atoms with van der Waals surface area (Å²) in [6.45, 7) is 7.20. The SMILES string of the molecule is CC(=CCl)CNC(CO)CC(C)C. The van der Waals surface area contributed by atoms with Gasteiger partial charge in [0.25, 0.3) is 0 Å². The van der Waals surface area contributed by atoms with E-state index >= 15 is 0 Å². The van der Waals surface area contributed by atoms with E-state index in [4.69, 9.17) is 16.7 Å². The molecule has 0 fully saturated rings. The summed E-state index contributed by atoms with van der Waals surface area (Å²) in [5.74, 6) is 0.602. The molecule has 0 aromatic heterocycles. The van der Waals surface area contributed by atoms with Crippen molar-refractivity contribution in [3.05, 3.63) is 11.1 Å². The second-order valence-electron chi connectivity index (χ2n) is 3.85. The average Bonchev–Trinajstić information content (AvgIpc) is 2.10. The van der Waals surface area contributed by atoms with Gasteiger partial charge in [-0.3, -0.25) is 0 Å². The zero-order valence-electron chi connectivity index (χ0n) is 8.68. The second-order valence-corrected chi connectivity index (χ2v) is 4.06. The summed E-state index contributed by atoms with van der Waals surface area (Å²) in [5, 5.41) is 12.3. The van der Waals surface area contributed by atoms with Crippen LogP contribution in [0.5, 0.6) is 0 Å². The maximum absolute atomic E-state index is 9.05.